The third-order valence-corrected chi connectivity index (χ3v) is 4.31. The van der Waals surface area contributed by atoms with Crippen LogP contribution in [0.4, 0.5) is 0 Å². The fraction of sp³-hybridized carbons (Fsp3) is 0.875. The highest BCUT2D eigenvalue weighted by Crippen LogP contribution is 2.29. The van der Waals surface area contributed by atoms with Crippen LogP contribution in [0, 0.1) is 17.8 Å². The third-order valence-electron chi connectivity index (χ3n) is 4.31. The molecule has 122 valence electrons. The molecule has 5 nitrogen and oxygen atoms in total. The van der Waals surface area contributed by atoms with E-state index in [1.165, 1.54) is 0 Å². The molecule has 0 aromatic rings. The van der Waals surface area contributed by atoms with Crippen molar-refractivity contribution in [2.24, 2.45) is 23.5 Å². The van der Waals surface area contributed by atoms with E-state index < -0.39 is 6.04 Å². The van der Waals surface area contributed by atoms with Crippen LogP contribution in [0.5, 0.6) is 0 Å². The molecule has 3 N–H and O–H groups in total. The van der Waals surface area contributed by atoms with Gasteiger partial charge in [-0.25, -0.2) is 0 Å². The zero-order chi connectivity index (χ0) is 16.0. The van der Waals surface area contributed by atoms with Crippen LogP contribution in [0.15, 0.2) is 0 Å². The van der Waals surface area contributed by atoms with Gasteiger partial charge in [-0.15, -0.1) is 0 Å². The van der Waals surface area contributed by atoms with Gasteiger partial charge in [0.15, 0.2) is 0 Å². The summed E-state index contributed by atoms with van der Waals surface area (Å²) in [5.41, 5.74) is 5.80. The van der Waals surface area contributed by atoms with Crippen LogP contribution in [-0.4, -0.2) is 43.4 Å². The Hall–Kier alpha value is -1.10. The van der Waals surface area contributed by atoms with E-state index in [9.17, 15) is 9.59 Å². The fourth-order valence-electron chi connectivity index (χ4n) is 3.12. The van der Waals surface area contributed by atoms with Crippen LogP contribution >= 0.6 is 0 Å². The van der Waals surface area contributed by atoms with Crippen molar-refractivity contribution in [3.8, 4) is 0 Å². The molecule has 0 spiro atoms. The monoisotopic (exact) mass is 297 g/mol. The van der Waals surface area contributed by atoms with E-state index in [1.54, 1.807) is 19.0 Å². The van der Waals surface area contributed by atoms with E-state index in [1.807, 2.05) is 0 Å². The Labute approximate surface area is 128 Å². The van der Waals surface area contributed by atoms with Crippen LogP contribution in [0.2, 0.25) is 0 Å². The van der Waals surface area contributed by atoms with Gasteiger partial charge in [0, 0.05) is 20.0 Å². The minimum Gasteiger partial charge on any atom is -0.347 e. The van der Waals surface area contributed by atoms with Gasteiger partial charge in [-0.2, -0.15) is 0 Å². The van der Waals surface area contributed by atoms with Gasteiger partial charge in [-0.3, -0.25) is 9.59 Å². The zero-order valence-corrected chi connectivity index (χ0v) is 13.9. The predicted octanol–water partition coefficient (Wildman–Crippen LogP) is 1.37. The highest BCUT2D eigenvalue weighted by molar-refractivity contribution is 5.88. The molecule has 0 heterocycles. The van der Waals surface area contributed by atoms with Crippen molar-refractivity contribution in [2.45, 2.75) is 52.0 Å². The quantitative estimate of drug-likeness (QED) is 0.777. The third kappa shape index (κ3) is 5.30. The van der Waals surface area contributed by atoms with Gasteiger partial charge in [-0.1, -0.05) is 26.7 Å². The first-order valence-electron chi connectivity index (χ1n) is 8.08. The maximum absolute atomic E-state index is 12.5. The number of hydrogen-bond donors (Lipinski definition) is 2. The largest absolute Gasteiger partial charge is 0.347 e. The number of likely N-dealkylation sites (N-methyl/N-ethyl adjacent to an activating group) is 1. The minimum atomic E-state index is -0.423. The summed E-state index contributed by atoms with van der Waals surface area (Å²) in [5, 5.41) is 2.98. The predicted molar refractivity (Wildman–Crippen MR) is 84.6 cm³/mol. The first-order valence-corrected chi connectivity index (χ1v) is 8.08. The lowest BCUT2D eigenvalue weighted by Gasteiger charge is -2.31. The van der Waals surface area contributed by atoms with E-state index in [0.717, 1.165) is 25.7 Å². The number of carbonyl (C=O) groups excluding carboxylic acids is 2. The van der Waals surface area contributed by atoms with E-state index >= 15 is 0 Å². The van der Waals surface area contributed by atoms with Crippen molar-refractivity contribution >= 4 is 11.8 Å². The van der Waals surface area contributed by atoms with Crippen LogP contribution in [0.3, 0.4) is 0 Å². The summed E-state index contributed by atoms with van der Waals surface area (Å²) in [5.74, 6) is 0.556. The highest BCUT2D eigenvalue weighted by Gasteiger charge is 2.32. The van der Waals surface area contributed by atoms with Gasteiger partial charge in [0.2, 0.25) is 11.8 Å². The molecule has 21 heavy (non-hydrogen) atoms. The summed E-state index contributed by atoms with van der Waals surface area (Å²) < 4.78 is 0. The maximum Gasteiger partial charge on any atom is 0.244 e. The second-order valence-corrected chi connectivity index (χ2v) is 6.81. The lowest BCUT2D eigenvalue weighted by Crippen LogP contribution is -2.50. The van der Waals surface area contributed by atoms with E-state index in [4.69, 9.17) is 5.73 Å². The molecular formula is C16H31N3O2. The summed E-state index contributed by atoms with van der Waals surface area (Å²) in [7, 11) is 3.45. The fourth-order valence-corrected chi connectivity index (χ4v) is 3.12. The molecule has 0 saturated heterocycles. The van der Waals surface area contributed by atoms with Crippen LogP contribution in [-0.2, 0) is 9.59 Å². The van der Waals surface area contributed by atoms with Gasteiger partial charge in [0.25, 0.3) is 0 Å². The highest BCUT2D eigenvalue weighted by atomic mass is 16.2. The molecule has 1 fully saturated rings. The zero-order valence-electron chi connectivity index (χ0n) is 13.9. The van der Waals surface area contributed by atoms with E-state index in [0.29, 0.717) is 18.9 Å². The Morgan fingerprint density at radius 3 is 2.38 bits per heavy atom. The molecule has 0 aromatic carbocycles. The molecule has 0 radical (unpaired) electrons. The number of nitrogens with two attached hydrogens (primary N) is 1. The van der Waals surface area contributed by atoms with Crippen LogP contribution in [0.25, 0.3) is 0 Å². The average molecular weight is 297 g/mol. The molecule has 1 saturated carbocycles. The van der Waals surface area contributed by atoms with Gasteiger partial charge in [0.1, 0.15) is 6.04 Å². The number of nitrogens with zero attached hydrogens (tertiary/aromatic N) is 1. The van der Waals surface area contributed by atoms with Gasteiger partial charge in [0.05, 0.1) is 0 Å². The second-order valence-electron chi connectivity index (χ2n) is 6.81. The van der Waals surface area contributed by atoms with Gasteiger partial charge < -0.3 is 16.0 Å². The van der Waals surface area contributed by atoms with Crippen molar-refractivity contribution in [1.29, 1.82) is 0 Å². The molecule has 5 heteroatoms. The topological polar surface area (TPSA) is 75.4 Å². The lowest BCUT2D eigenvalue weighted by atomic mass is 9.78. The van der Waals surface area contributed by atoms with Crippen LogP contribution in [0.1, 0.15) is 46.0 Å². The molecule has 0 bridgehead atoms. The van der Waals surface area contributed by atoms with Crippen molar-refractivity contribution in [3.05, 3.63) is 0 Å². The lowest BCUT2D eigenvalue weighted by molar-refractivity contribution is -0.137. The van der Waals surface area contributed by atoms with Gasteiger partial charge >= 0.3 is 0 Å². The molecule has 1 rings (SSSR count). The number of rotatable bonds is 6. The molecular weight excluding hydrogens is 266 g/mol. The van der Waals surface area contributed by atoms with Crippen molar-refractivity contribution < 1.29 is 9.59 Å². The normalized spacial score (nSPS) is 23.7. The smallest absolute Gasteiger partial charge is 0.244 e. The Morgan fingerprint density at radius 2 is 1.86 bits per heavy atom. The average Bonchev–Trinajstić information content (AvgIpc) is 2.44. The molecule has 3 unspecified atom stereocenters. The molecule has 3 atom stereocenters. The number of nitrogens with one attached hydrogen (secondary N) is 1. The number of amides is 2. The Kier molecular flexibility index (Phi) is 7.15. The summed E-state index contributed by atoms with van der Waals surface area (Å²) in [6, 6.07) is -0.423. The SMILES string of the molecule is CC(C)CC(NC(=O)C1CCCCC1CN)C(=O)N(C)C. The van der Waals surface area contributed by atoms with E-state index in [-0.39, 0.29) is 23.7 Å². The van der Waals surface area contributed by atoms with Crippen molar-refractivity contribution in [2.75, 3.05) is 20.6 Å². The Balaban J connectivity index is 2.72. The molecule has 1 aliphatic rings. The summed E-state index contributed by atoms with van der Waals surface area (Å²) in [6.07, 6.45) is 4.80. The molecule has 1 aliphatic carbocycles. The van der Waals surface area contributed by atoms with Crippen molar-refractivity contribution in [1.82, 2.24) is 10.2 Å². The van der Waals surface area contributed by atoms with Crippen molar-refractivity contribution in [3.63, 3.8) is 0 Å². The Bertz CT molecular complexity index is 355. The minimum absolute atomic E-state index is 0.00556. The molecule has 2 amide bonds. The number of carbonyl (C=O) groups is 2. The first-order chi connectivity index (χ1) is 9.86. The Morgan fingerprint density at radius 1 is 1.24 bits per heavy atom. The van der Waals surface area contributed by atoms with Gasteiger partial charge in [-0.05, 0) is 37.6 Å². The summed E-state index contributed by atoms with van der Waals surface area (Å²) in [4.78, 5) is 26.3. The molecule has 0 aromatic heterocycles. The summed E-state index contributed by atoms with van der Waals surface area (Å²) >= 11 is 0. The standard InChI is InChI=1S/C16H31N3O2/c1-11(2)9-14(16(21)19(3)4)18-15(20)13-8-6-5-7-12(13)10-17/h11-14H,5-10,17H2,1-4H3,(H,18,20). The van der Waals surface area contributed by atoms with Crippen LogP contribution < -0.4 is 11.1 Å². The summed E-state index contributed by atoms with van der Waals surface area (Å²) in [6.45, 7) is 4.67. The first kappa shape index (κ1) is 18.0. The maximum atomic E-state index is 12.5. The van der Waals surface area contributed by atoms with E-state index in [2.05, 4.69) is 19.2 Å². The molecule has 0 aliphatic heterocycles. The number of hydrogen-bond acceptors (Lipinski definition) is 3. The second kappa shape index (κ2) is 8.37.